The van der Waals surface area contributed by atoms with E-state index in [-0.39, 0.29) is 18.1 Å². The summed E-state index contributed by atoms with van der Waals surface area (Å²) in [5, 5.41) is 11.5. The van der Waals surface area contributed by atoms with Crippen molar-refractivity contribution in [2.45, 2.75) is 37.6 Å². The van der Waals surface area contributed by atoms with E-state index in [9.17, 15) is 9.59 Å². The third kappa shape index (κ3) is 5.79. The van der Waals surface area contributed by atoms with Gasteiger partial charge in [0.1, 0.15) is 0 Å². The molecule has 0 spiro atoms. The minimum atomic E-state index is -0.920. The van der Waals surface area contributed by atoms with Crippen molar-refractivity contribution in [3.8, 4) is 0 Å². The summed E-state index contributed by atoms with van der Waals surface area (Å²) in [6, 6.07) is 7.85. The van der Waals surface area contributed by atoms with Crippen LogP contribution >= 0.6 is 11.8 Å². The summed E-state index contributed by atoms with van der Waals surface area (Å²) >= 11 is 1.46. The van der Waals surface area contributed by atoms with Gasteiger partial charge in [-0.2, -0.15) is 0 Å². The van der Waals surface area contributed by atoms with E-state index >= 15 is 0 Å². The summed E-state index contributed by atoms with van der Waals surface area (Å²) in [6.07, 6.45) is -0.0895. The second-order valence-corrected chi connectivity index (χ2v) is 6.07. The van der Waals surface area contributed by atoms with Crippen molar-refractivity contribution < 1.29 is 14.7 Å². The fraction of sp³-hybridized carbons (Fsp3) is 0.429. The van der Waals surface area contributed by atoms with E-state index in [0.717, 1.165) is 10.5 Å². The van der Waals surface area contributed by atoms with Crippen LogP contribution < -0.4 is 5.32 Å². The minimum Gasteiger partial charge on any atom is -0.481 e. The number of carbonyl (C=O) groups is 2. The Labute approximate surface area is 117 Å². The number of benzene rings is 1. The first-order chi connectivity index (χ1) is 8.80. The van der Waals surface area contributed by atoms with Gasteiger partial charge in [-0.25, -0.2) is 0 Å². The predicted molar refractivity (Wildman–Crippen MR) is 76.4 cm³/mol. The van der Waals surface area contributed by atoms with E-state index in [1.165, 1.54) is 11.8 Å². The van der Waals surface area contributed by atoms with E-state index in [0.29, 0.717) is 0 Å². The highest BCUT2D eigenvalue weighted by Crippen LogP contribution is 2.21. The van der Waals surface area contributed by atoms with Crippen molar-refractivity contribution >= 4 is 23.6 Å². The molecule has 0 saturated carbocycles. The molecule has 0 aliphatic rings. The molecule has 19 heavy (non-hydrogen) atoms. The van der Waals surface area contributed by atoms with Crippen LogP contribution in [0.3, 0.4) is 0 Å². The molecule has 104 valence electrons. The Morgan fingerprint density at radius 2 is 1.95 bits per heavy atom. The van der Waals surface area contributed by atoms with Crippen molar-refractivity contribution in [1.29, 1.82) is 0 Å². The number of hydrogen-bond acceptors (Lipinski definition) is 3. The molecule has 1 amide bonds. The van der Waals surface area contributed by atoms with Crippen LogP contribution in [0.25, 0.3) is 0 Å². The first-order valence-electron chi connectivity index (χ1n) is 6.01. The Morgan fingerprint density at radius 1 is 1.32 bits per heavy atom. The molecule has 1 aromatic rings. The Hall–Kier alpha value is -1.49. The molecular formula is C14H19NO3S. The molecule has 0 atom stereocenters. The molecule has 0 aliphatic heterocycles. The number of thioether (sulfide) groups is 1. The van der Waals surface area contributed by atoms with Gasteiger partial charge < -0.3 is 10.4 Å². The zero-order valence-corrected chi connectivity index (χ0v) is 12.2. The van der Waals surface area contributed by atoms with Gasteiger partial charge in [0.05, 0.1) is 12.2 Å². The van der Waals surface area contributed by atoms with Gasteiger partial charge in [-0.3, -0.25) is 9.59 Å². The van der Waals surface area contributed by atoms with Crippen molar-refractivity contribution in [3.63, 3.8) is 0 Å². The third-order valence-electron chi connectivity index (χ3n) is 2.52. The van der Waals surface area contributed by atoms with Crippen molar-refractivity contribution in [2.24, 2.45) is 0 Å². The molecule has 0 heterocycles. The second-order valence-electron chi connectivity index (χ2n) is 5.06. The largest absolute Gasteiger partial charge is 0.481 e. The monoisotopic (exact) mass is 281 g/mol. The van der Waals surface area contributed by atoms with Crippen LogP contribution in [0.2, 0.25) is 0 Å². The van der Waals surface area contributed by atoms with E-state index < -0.39 is 11.5 Å². The van der Waals surface area contributed by atoms with Gasteiger partial charge in [0.25, 0.3) is 0 Å². The predicted octanol–water partition coefficient (Wildman–Crippen LogP) is 2.46. The molecule has 0 aromatic heterocycles. The summed E-state index contributed by atoms with van der Waals surface area (Å²) in [6.45, 7) is 5.41. The van der Waals surface area contributed by atoms with Crippen LogP contribution in [0.15, 0.2) is 29.2 Å². The first kappa shape index (κ1) is 15.6. The summed E-state index contributed by atoms with van der Waals surface area (Å²) in [7, 11) is 0. The molecule has 0 unspecified atom stereocenters. The maximum Gasteiger partial charge on any atom is 0.305 e. The molecule has 0 radical (unpaired) electrons. The Balaban J connectivity index is 2.48. The number of rotatable bonds is 6. The van der Waals surface area contributed by atoms with E-state index in [1.54, 1.807) is 13.8 Å². The Kier molecular flexibility index (Phi) is 5.42. The lowest BCUT2D eigenvalue weighted by molar-refractivity contribution is -0.138. The van der Waals surface area contributed by atoms with Crippen molar-refractivity contribution in [1.82, 2.24) is 5.32 Å². The number of carboxylic acids is 1. The van der Waals surface area contributed by atoms with Crippen LogP contribution in [-0.2, 0) is 9.59 Å². The number of aryl methyl sites for hydroxylation is 1. The van der Waals surface area contributed by atoms with Gasteiger partial charge >= 0.3 is 5.97 Å². The maximum absolute atomic E-state index is 11.8. The van der Waals surface area contributed by atoms with Crippen LogP contribution in [0.1, 0.15) is 25.8 Å². The molecule has 1 aromatic carbocycles. The number of aliphatic carboxylic acids is 1. The highest BCUT2D eigenvalue weighted by Gasteiger charge is 2.23. The standard InChI is InChI=1S/C14H19NO3S/c1-10-6-4-5-7-11(10)19-9-12(16)15-14(2,3)8-13(17)18/h4-7H,8-9H2,1-3H3,(H,15,16)(H,17,18). The number of carbonyl (C=O) groups excluding carboxylic acids is 1. The van der Waals surface area contributed by atoms with Crippen molar-refractivity contribution in [3.05, 3.63) is 29.8 Å². The number of carboxylic acid groups (broad SMARTS) is 1. The maximum atomic E-state index is 11.8. The normalized spacial score (nSPS) is 11.1. The number of amides is 1. The zero-order chi connectivity index (χ0) is 14.5. The minimum absolute atomic E-state index is 0.0895. The molecule has 4 nitrogen and oxygen atoms in total. The quantitative estimate of drug-likeness (QED) is 0.786. The van der Waals surface area contributed by atoms with Gasteiger partial charge in [-0.05, 0) is 32.4 Å². The van der Waals surface area contributed by atoms with Crippen molar-refractivity contribution in [2.75, 3.05) is 5.75 Å². The smallest absolute Gasteiger partial charge is 0.305 e. The SMILES string of the molecule is Cc1ccccc1SCC(=O)NC(C)(C)CC(=O)O. The van der Waals surface area contributed by atoms with Gasteiger partial charge in [0, 0.05) is 10.4 Å². The molecule has 0 bridgehead atoms. The molecule has 5 heteroatoms. The van der Waals surface area contributed by atoms with Crippen LogP contribution in [0.5, 0.6) is 0 Å². The summed E-state index contributed by atoms with van der Waals surface area (Å²) in [5.41, 5.74) is 0.403. The highest BCUT2D eigenvalue weighted by molar-refractivity contribution is 8.00. The zero-order valence-electron chi connectivity index (χ0n) is 11.4. The molecular weight excluding hydrogens is 262 g/mol. The molecule has 1 rings (SSSR count). The Bertz CT molecular complexity index is 472. The van der Waals surface area contributed by atoms with E-state index in [4.69, 9.17) is 5.11 Å². The van der Waals surface area contributed by atoms with E-state index in [1.807, 2.05) is 31.2 Å². The highest BCUT2D eigenvalue weighted by atomic mass is 32.2. The van der Waals surface area contributed by atoms with Gasteiger partial charge in [-0.1, -0.05) is 18.2 Å². The number of hydrogen-bond donors (Lipinski definition) is 2. The van der Waals surface area contributed by atoms with Crippen LogP contribution in [0.4, 0.5) is 0 Å². The summed E-state index contributed by atoms with van der Waals surface area (Å²) in [5.74, 6) is -0.787. The lowest BCUT2D eigenvalue weighted by Gasteiger charge is -2.24. The second kappa shape index (κ2) is 6.61. The molecule has 0 aliphatic carbocycles. The summed E-state index contributed by atoms with van der Waals surface area (Å²) < 4.78 is 0. The number of nitrogens with one attached hydrogen (secondary N) is 1. The average Bonchev–Trinajstić information content (AvgIpc) is 2.25. The molecule has 0 saturated heterocycles. The Morgan fingerprint density at radius 3 is 2.53 bits per heavy atom. The van der Waals surface area contributed by atoms with E-state index in [2.05, 4.69) is 5.32 Å². The lowest BCUT2D eigenvalue weighted by atomic mass is 10.0. The topological polar surface area (TPSA) is 66.4 Å². The lowest BCUT2D eigenvalue weighted by Crippen LogP contribution is -2.45. The summed E-state index contributed by atoms with van der Waals surface area (Å²) in [4.78, 5) is 23.5. The van der Waals surface area contributed by atoms with Gasteiger partial charge in [0.2, 0.25) is 5.91 Å². The third-order valence-corrected chi connectivity index (χ3v) is 3.70. The molecule has 0 fully saturated rings. The van der Waals surface area contributed by atoms with Gasteiger partial charge in [0.15, 0.2) is 0 Å². The van der Waals surface area contributed by atoms with Crippen LogP contribution in [-0.4, -0.2) is 28.3 Å². The fourth-order valence-corrected chi connectivity index (χ4v) is 2.53. The molecule has 2 N–H and O–H groups in total. The van der Waals surface area contributed by atoms with Crippen LogP contribution in [0, 0.1) is 6.92 Å². The van der Waals surface area contributed by atoms with Gasteiger partial charge in [-0.15, -0.1) is 11.8 Å². The fourth-order valence-electron chi connectivity index (χ4n) is 1.70. The average molecular weight is 281 g/mol. The first-order valence-corrected chi connectivity index (χ1v) is 7.00.